The number of alkyl halides is 3. The summed E-state index contributed by atoms with van der Waals surface area (Å²) in [5.41, 5.74) is -0.474. The summed E-state index contributed by atoms with van der Waals surface area (Å²) in [6.45, 7) is 0. The number of ether oxygens (including phenoxy) is 3. The number of hydrogen-bond acceptors (Lipinski definition) is 8. The normalized spacial score (nSPS) is 11.0. The predicted octanol–water partition coefficient (Wildman–Crippen LogP) is 4.70. The molecule has 0 fully saturated rings. The number of carbonyl (C=O) groups excluding carboxylic acids is 2. The smallest absolute Gasteiger partial charge is 0.433 e. The summed E-state index contributed by atoms with van der Waals surface area (Å²) in [7, 11) is 4.05. The Bertz CT molecular complexity index is 1240. The lowest BCUT2D eigenvalue weighted by Gasteiger charge is -2.13. The van der Waals surface area contributed by atoms with Crippen LogP contribution in [0.5, 0.6) is 11.5 Å². The van der Waals surface area contributed by atoms with Crippen LogP contribution in [0.3, 0.4) is 0 Å². The lowest BCUT2D eigenvalue weighted by Crippen LogP contribution is -2.17. The van der Waals surface area contributed by atoms with Crippen molar-refractivity contribution in [3.63, 3.8) is 0 Å². The zero-order chi connectivity index (χ0) is 25.6. The van der Waals surface area contributed by atoms with Gasteiger partial charge in [-0.3, -0.25) is 4.79 Å². The van der Waals surface area contributed by atoms with Gasteiger partial charge in [-0.25, -0.2) is 14.8 Å². The van der Waals surface area contributed by atoms with E-state index < -0.39 is 23.7 Å². The quantitative estimate of drug-likeness (QED) is 0.266. The summed E-state index contributed by atoms with van der Waals surface area (Å²) in [5.74, 6) is -0.799. The molecule has 3 aromatic rings. The van der Waals surface area contributed by atoms with Gasteiger partial charge in [-0.2, -0.15) is 13.2 Å². The van der Waals surface area contributed by atoms with Crippen molar-refractivity contribution < 1.29 is 37.0 Å². The molecule has 3 rings (SSSR count). The molecule has 0 aliphatic heterocycles. The monoisotopic (exact) mass is 507 g/mol. The molecule has 0 bridgehead atoms. The number of aromatic nitrogens is 2. The number of halogens is 3. The molecule has 0 saturated carbocycles. The molecule has 184 valence electrons. The number of thioether (sulfide) groups is 1. The van der Waals surface area contributed by atoms with Crippen LogP contribution in [0.4, 0.5) is 18.9 Å². The largest absolute Gasteiger partial charge is 0.493 e. The average molecular weight is 507 g/mol. The van der Waals surface area contributed by atoms with Gasteiger partial charge in [0.25, 0.3) is 0 Å². The Balaban J connectivity index is 1.85. The topological polar surface area (TPSA) is 99.6 Å². The highest BCUT2D eigenvalue weighted by Crippen LogP contribution is 2.35. The molecule has 0 spiro atoms. The second kappa shape index (κ2) is 11.1. The molecule has 8 nitrogen and oxygen atoms in total. The fourth-order valence-electron chi connectivity index (χ4n) is 2.97. The molecular formula is C23H20F3N3O5S. The maximum atomic E-state index is 13.5. The molecule has 12 heteroatoms. The number of hydrogen-bond donors (Lipinski definition) is 1. The zero-order valence-corrected chi connectivity index (χ0v) is 19.6. The fraction of sp³-hybridized carbons (Fsp3) is 0.217. The van der Waals surface area contributed by atoms with Gasteiger partial charge in [-0.05, 0) is 36.4 Å². The van der Waals surface area contributed by atoms with Crippen LogP contribution in [0, 0.1) is 0 Å². The van der Waals surface area contributed by atoms with Crippen molar-refractivity contribution in [2.75, 3.05) is 32.4 Å². The van der Waals surface area contributed by atoms with Crippen molar-refractivity contribution in [2.45, 2.75) is 11.3 Å². The molecule has 0 radical (unpaired) electrons. The Hall–Kier alpha value is -3.80. The third kappa shape index (κ3) is 6.41. The number of carbonyl (C=O) groups is 2. The van der Waals surface area contributed by atoms with Crippen LogP contribution in [0.1, 0.15) is 16.1 Å². The van der Waals surface area contributed by atoms with Crippen LogP contribution >= 0.6 is 11.8 Å². The van der Waals surface area contributed by atoms with Crippen molar-refractivity contribution in [1.82, 2.24) is 9.97 Å². The number of nitrogens with one attached hydrogen (secondary N) is 1. The highest BCUT2D eigenvalue weighted by molar-refractivity contribution is 7.99. The summed E-state index contributed by atoms with van der Waals surface area (Å²) < 4.78 is 55.6. The number of anilines is 1. The summed E-state index contributed by atoms with van der Waals surface area (Å²) in [5, 5.41) is 2.30. The Kier molecular flexibility index (Phi) is 8.18. The van der Waals surface area contributed by atoms with E-state index in [4.69, 9.17) is 9.47 Å². The van der Waals surface area contributed by atoms with Crippen molar-refractivity contribution in [3.05, 3.63) is 59.8 Å². The van der Waals surface area contributed by atoms with Crippen molar-refractivity contribution >= 4 is 29.3 Å². The highest BCUT2D eigenvalue weighted by Gasteiger charge is 2.34. The van der Waals surface area contributed by atoms with E-state index >= 15 is 0 Å². The number of esters is 1. The minimum atomic E-state index is -4.73. The highest BCUT2D eigenvalue weighted by atomic mass is 32.2. The molecule has 1 amide bonds. The Morgan fingerprint density at radius 2 is 1.69 bits per heavy atom. The maximum Gasteiger partial charge on any atom is 0.433 e. The molecule has 1 N–H and O–H groups in total. The number of methoxy groups -OCH3 is 3. The van der Waals surface area contributed by atoms with E-state index in [0.717, 1.165) is 17.8 Å². The van der Waals surface area contributed by atoms with Crippen LogP contribution in [0.2, 0.25) is 0 Å². The van der Waals surface area contributed by atoms with Crippen LogP contribution in [0.15, 0.2) is 53.7 Å². The van der Waals surface area contributed by atoms with E-state index in [0.29, 0.717) is 17.1 Å². The fourth-order valence-corrected chi connectivity index (χ4v) is 3.63. The Morgan fingerprint density at radius 3 is 2.34 bits per heavy atom. The molecule has 0 unspecified atom stereocenters. The molecule has 35 heavy (non-hydrogen) atoms. The van der Waals surface area contributed by atoms with Gasteiger partial charge < -0.3 is 19.5 Å². The number of benzene rings is 2. The van der Waals surface area contributed by atoms with Gasteiger partial charge >= 0.3 is 12.1 Å². The van der Waals surface area contributed by atoms with Crippen LogP contribution in [-0.4, -0.2) is 48.9 Å². The van der Waals surface area contributed by atoms with Crippen LogP contribution < -0.4 is 14.8 Å². The van der Waals surface area contributed by atoms with Gasteiger partial charge in [0.05, 0.1) is 44.0 Å². The lowest BCUT2D eigenvalue weighted by atomic mass is 10.1. The Morgan fingerprint density at radius 1 is 0.971 bits per heavy atom. The van der Waals surface area contributed by atoms with E-state index in [-0.39, 0.29) is 27.9 Å². The SMILES string of the molecule is COC(=O)c1ccccc1NC(=O)CSc1nc(-c2ccc(OC)c(OC)c2)cc(C(F)(F)F)n1. The summed E-state index contributed by atoms with van der Waals surface area (Å²) in [6, 6.07) is 11.6. The second-order valence-corrected chi connectivity index (χ2v) is 7.81. The first-order valence-corrected chi connectivity index (χ1v) is 10.9. The minimum Gasteiger partial charge on any atom is -0.493 e. The second-order valence-electron chi connectivity index (χ2n) is 6.86. The van der Waals surface area contributed by atoms with Crippen molar-refractivity contribution in [1.29, 1.82) is 0 Å². The molecule has 0 atom stereocenters. The van der Waals surface area contributed by atoms with E-state index in [1.54, 1.807) is 18.2 Å². The predicted molar refractivity (Wildman–Crippen MR) is 123 cm³/mol. The molecule has 0 saturated heterocycles. The molecule has 0 aliphatic carbocycles. The van der Waals surface area contributed by atoms with Gasteiger partial charge in [0.1, 0.15) is 5.69 Å². The number of para-hydroxylation sites is 1. The van der Waals surface area contributed by atoms with Gasteiger partial charge in [-0.15, -0.1) is 0 Å². The number of rotatable bonds is 8. The molecular weight excluding hydrogens is 487 g/mol. The minimum absolute atomic E-state index is 0.00720. The van der Waals surface area contributed by atoms with E-state index in [9.17, 15) is 22.8 Å². The van der Waals surface area contributed by atoms with Gasteiger partial charge in [-0.1, -0.05) is 23.9 Å². The molecule has 0 aliphatic rings. The van der Waals surface area contributed by atoms with Gasteiger partial charge in [0.15, 0.2) is 16.7 Å². The maximum absolute atomic E-state index is 13.5. The van der Waals surface area contributed by atoms with E-state index in [1.807, 2.05) is 0 Å². The zero-order valence-electron chi connectivity index (χ0n) is 18.8. The summed E-state index contributed by atoms with van der Waals surface area (Å²) in [6.07, 6.45) is -4.73. The third-order valence-corrected chi connectivity index (χ3v) is 5.46. The lowest BCUT2D eigenvalue weighted by molar-refractivity contribution is -0.141. The summed E-state index contributed by atoms with van der Waals surface area (Å²) >= 11 is 0.718. The average Bonchev–Trinajstić information content (AvgIpc) is 2.86. The van der Waals surface area contributed by atoms with E-state index in [2.05, 4.69) is 20.0 Å². The molecule has 1 heterocycles. The van der Waals surface area contributed by atoms with Gasteiger partial charge in [0.2, 0.25) is 5.91 Å². The molecule has 2 aromatic carbocycles. The molecule has 1 aromatic heterocycles. The van der Waals surface area contributed by atoms with Crippen LogP contribution in [-0.2, 0) is 15.7 Å². The van der Waals surface area contributed by atoms with Crippen molar-refractivity contribution in [2.24, 2.45) is 0 Å². The van der Waals surface area contributed by atoms with Crippen molar-refractivity contribution in [3.8, 4) is 22.8 Å². The standard InChI is InChI=1S/C23H20F3N3O5S/c1-32-17-9-8-13(10-18(17)33-2)16-11-19(23(24,25)26)29-22(28-16)35-12-20(30)27-15-7-5-4-6-14(15)21(31)34-3/h4-11H,12H2,1-3H3,(H,27,30). The first-order valence-electron chi connectivity index (χ1n) is 9.95. The van der Waals surface area contributed by atoms with Gasteiger partial charge in [0, 0.05) is 5.56 Å². The number of amides is 1. The first kappa shape index (κ1) is 25.8. The first-order chi connectivity index (χ1) is 16.7. The third-order valence-electron chi connectivity index (χ3n) is 4.61. The number of nitrogens with zero attached hydrogens (tertiary/aromatic N) is 2. The van der Waals surface area contributed by atoms with Crippen LogP contribution in [0.25, 0.3) is 11.3 Å². The van der Waals surface area contributed by atoms with E-state index in [1.165, 1.54) is 45.6 Å². The Labute approximate surface area is 202 Å². The summed E-state index contributed by atoms with van der Waals surface area (Å²) in [4.78, 5) is 32.1.